The second-order valence-corrected chi connectivity index (χ2v) is 4.30. The fraction of sp³-hybridized carbons (Fsp3) is 0.500. The molecule has 0 aliphatic rings. The summed E-state index contributed by atoms with van der Waals surface area (Å²) in [6, 6.07) is 0. The largest absolute Gasteiger partial charge is 0.388 e. The van der Waals surface area contributed by atoms with Crippen molar-refractivity contribution in [1.29, 1.82) is 5.41 Å². The minimum Gasteiger partial charge on any atom is -0.388 e. The average Bonchev–Trinajstić information content (AvgIpc) is 2.30. The summed E-state index contributed by atoms with van der Waals surface area (Å²) in [5.74, 6) is 0.955. The number of aromatic nitrogens is 2. The van der Waals surface area contributed by atoms with Crippen molar-refractivity contribution in [3.05, 3.63) is 17.0 Å². The molecule has 1 aromatic heterocycles. The van der Waals surface area contributed by atoms with Gasteiger partial charge in [0.15, 0.2) is 0 Å². The van der Waals surface area contributed by atoms with Crippen molar-refractivity contribution in [2.24, 2.45) is 5.73 Å². The molecule has 7 heteroatoms. The van der Waals surface area contributed by atoms with Gasteiger partial charge in [0.1, 0.15) is 12.1 Å². The Balaban J connectivity index is 2.74. The lowest BCUT2D eigenvalue weighted by Gasteiger charge is -2.23. The second kappa shape index (κ2) is 7.18. The molecule has 0 radical (unpaired) electrons. The molecule has 0 aliphatic carbocycles. The number of nitrogens with zero attached hydrogens (tertiary/aromatic N) is 3. The van der Waals surface area contributed by atoms with Crippen LogP contribution >= 0.6 is 15.9 Å². The van der Waals surface area contributed by atoms with Crippen molar-refractivity contribution in [2.45, 2.75) is 6.42 Å². The van der Waals surface area contributed by atoms with Crippen LogP contribution in [0.25, 0.3) is 0 Å². The van der Waals surface area contributed by atoms with E-state index in [9.17, 15) is 0 Å². The fourth-order valence-electron chi connectivity index (χ4n) is 1.32. The highest BCUT2D eigenvalue weighted by atomic mass is 79.9. The summed E-state index contributed by atoms with van der Waals surface area (Å²) in [5, 5.41) is 7.26. The fourth-order valence-corrected chi connectivity index (χ4v) is 1.79. The maximum absolute atomic E-state index is 7.26. The Kier molecular flexibility index (Phi) is 5.85. The van der Waals surface area contributed by atoms with Crippen LogP contribution in [0.4, 0.5) is 5.82 Å². The third kappa shape index (κ3) is 4.66. The van der Waals surface area contributed by atoms with E-state index in [4.69, 9.17) is 15.9 Å². The Bertz CT molecular complexity index is 373. The Morgan fingerprint density at radius 1 is 1.59 bits per heavy atom. The highest BCUT2D eigenvalue weighted by Gasteiger charge is 2.11. The normalized spacial score (nSPS) is 10.2. The molecule has 6 nitrogen and oxygen atoms in total. The molecule has 1 rings (SSSR count). The molecule has 0 saturated heterocycles. The van der Waals surface area contributed by atoms with Crippen LogP contribution in [0, 0.1) is 5.41 Å². The Morgan fingerprint density at radius 2 is 2.35 bits per heavy atom. The van der Waals surface area contributed by atoms with E-state index in [0.29, 0.717) is 26.1 Å². The van der Waals surface area contributed by atoms with Crippen LogP contribution < -0.4 is 10.6 Å². The number of amidine groups is 1. The smallest absolute Gasteiger partial charge is 0.146 e. The zero-order valence-corrected chi connectivity index (χ0v) is 11.3. The lowest BCUT2D eigenvalue weighted by Crippen LogP contribution is -2.31. The number of nitrogens with two attached hydrogens (primary N) is 1. The predicted octanol–water partition coefficient (Wildman–Crippen LogP) is 1.02. The Morgan fingerprint density at radius 3 is 2.94 bits per heavy atom. The van der Waals surface area contributed by atoms with Crippen LogP contribution in [0.5, 0.6) is 0 Å². The van der Waals surface area contributed by atoms with Gasteiger partial charge >= 0.3 is 0 Å². The lowest BCUT2D eigenvalue weighted by atomic mass is 10.3. The van der Waals surface area contributed by atoms with E-state index in [2.05, 4.69) is 25.9 Å². The molecule has 1 aromatic rings. The van der Waals surface area contributed by atoms with Crippen molar-refractivity contribution < 1.29 is 4.74 Å². The number of hydrogen-bond acceptors (Lipinski definition) is 5. The molecule has 0 bridgehead atoms. The molecule has 0 spiro atoms. The van der Waals surface area contributed by atoms with Crippen LogP contribution in [0.15, 0.2) is 17.0 Å². The molecule has 1 heterocycles. The topological polar surface area (TPSA) is 88.1 Å². The number of anilines is 1. The van der Waals surface area contributed by atoms with Crippen molar-refractivity contribution in [3.8, 4) is 0 Å². The van der Waals surface area contributed by atoms with Gasteiger partial charge < -0.3 is 15.4 Å². The number of methoxy groups -OCH3 is 1. The van der Waals surface area contributed by atoms with Crippen molar-refractivity contribution >= 4 is 27.6 Å². The van der Waals surface area contributed by atoms with Crippen molar-refractivity contribution in [3.63, 3.8) is 0 Å². The molecular formula is C10H16BrN5O. The molecular weight excluding hydrogens is 286 g/mol. The summed E-state index contributed by atoms with van der Waals surface area (Å²) in [7, 11) is 1.65. The first kappa shape index (κ1) is 13.9. The first-order valence-electron chi connectivity index (χ1n) is 5.17. The van der Waals surface area contributed by atoms with Crippen molar-refractivity contribution in [2.75, 3.05) is 31.7 Å². The maximum atomic E-state index is 7.26. The first-order chi connectivity index (χ1) is 8.15. The molecule has 3 N–H and O–H groups in total. The van der Waals surface area contributed by atoms with Gasteiger partial charge in [0.2, 0.25) is 0 Å². The summed E-state index contributed by atoms with van der Waals surface area (Å²) in [6.45, 7) is 1.92. The van der Waals surface area contributed by atoms with Gasteiger partial charge in [-0.2, -0.15) is 0 Å². The van der Waals surface area contributed by atoms with Gasteiger partial charge in [-0.05, 0) is 15.9 Å². The predicted molar refractivity (Wildman–Crippen MR) is 70.4 cm³/mol. The van der Waals surface area contributed by atoms with Gasteiger partial charge in [-0.3, -0.25) is 5.41 Å². The van der Waals surface area contributed by atoms with Gasteiger partial charge in [-0.25, -0.2) is 9.97 Å². The molecule has 0 amide bonds. The van der Waals surface area contributed by atoms with Crippen LogP contribution in [-0.2, 0) is 4.74 Å². The summed E-state index contributed by atoms with van der Waals surface area (Å²) in [5.41, 5.74) is 5.37. The zero-order valence-electron chi connectivity index (χ0n) is 9.69. The van der Waals surface area contributed by atoms with Crippen LogP contribution in [0.2, 0.25) is 0 Å². The van der Waals surface area contributed by atoms with E-state index in [-0.39, 0.29) is 5.84 Å². The summed E-state index contributed by atoms with van der Waals surface area (Å²) in [4.78, 5) is 10.1. The summed E-state index contributed by atoms with van der Waals surface area (Å²) in [6.07, 6.45) is 3.68. The monoisotopic (exact) mass is 301 g/mol. The first-order valence-corrected chi connectivity index (χ1v) is 5.96. The highest BCUT2D eigenvalue weighted by molar-refractivity contribution is 9.10. The van der Waals surface area contributed by atoms with E-state index in [1.807, 2.05) is 4.90 Å². The highest BCUT2D eigenvalue weighted by Crippen LogP contribution is 2.21. The second-order valence-electron chi connectivity index (χ2n) is 3.45. The molecule has 17 heavy (non-hydrogen) atoms. The van der Waals surface area contributed by atoms with Gasteiger partial charge in [-0.1, -0.05) is 0 Å². The average molecular weight is 302 g/mol. The summed E-state index contributed by atoms with van der Waals surface area (Å²) < 4.78 is 5.87. The van der Waals surface area contributed by atoms with Crippen LogP contribution in [-0.4, -0.2) is 42.6 Å². The lowest BCUT2D eigenvalue weighted by molar-refractivity contribution is 0.205. The van der Waals surface area contributed by atoms with Gasteiger partial charge in [-0.15, -0.1) is 0 Å². The summed E-state index contributed by atoms with van der Waals surface area (Å²) >= 11 is 3.40. The maximum Gasteiger partial charge on any atom is 0.146 e. The Hall–Kier alpha value is -1.21. The number of halogens is 1. The molecule has 0 unspecified atom stereocenters. The SMILES string of the molecule is COCCN(CCC(=N)N)c1ncncc1Br. The third-order valence-electron chi connectivity index (χ3n) is 2.16. The number of nitrogens with one attached hydrogen (secondary N) is 1. The van der Waals surface area contributed by atoms with Gasteiger partial charge in [0.25, 0.3) is 0 Å². The molecule has 94 valence electrons. The molecule has 0 atom stereocenters. The Labute approximate surface area is 109 Å². The standard InChI is InChI=1S/C10H16BrN5O/c1-17-5-4-16(3-2-9(12)13)10-8(11)6-14-7-15-10/h6-7H,2-5H2,1H3,(H3,12,13). The van der Waals surface area contributed by atoms with E-state index in [0.717, 1.165) is 10.3 Å². The van der Waals surface area contributed by atoms with Crippen LogP contribution in [0.3, 0.4) is 0 Å². The van der Waals surface area contributed by atoms with Gasteiger partial charge in [0, 0.05) is 32.8 Å². The number of hydrogen-bond donors (Lipinski definition) is 2. The molecule has 0 aromatic carbocycles. The van der Waals surface area contributed by atoms with Crippen LogP contribution in [0.1, 0.15) is 6.42 Å². The number of ether oxygens (including phenoxy) is 1. The van der Waals surface area contributed by atoms with E-state index >= 15 is 0 Å². The molecule has 0 fully saturated rings. The number of rotatable bonds is 7. The molecule has 0 saturated carbocycles. The zero-order chi connectivity index (χ0) is 12.7. The molecule has 0 aliphatic heterocycles. The minimum atomic E-state index is 0.164. The van der Waals surface area contributed by atoms with Crippen molar-refractivity contribution in [1.82, 2.24) is 9.97 Å². The van der Waals surface area contributed by atoms with E-state index in [1.165, 1.54) is 6.33 Å². The third-order valence-corrected chi connectivity index (χ3v) is 2.72. The van der Waals surface area contributed by atoms with Gasteiger partial charge in [0.05, 0.1) is 16.9 Å². The minimum absolute atomic E-state index is 0.164. The quantitative estimate of drug-likeness (QED) is 0.580. The van der Waals surface area contributed by atoms with E-state index < -0.39 is 0 Å². The van der Waals surface area contributed by atoms with E-state index in [1.54, 1.807) is 13.3 Å².